The van der Waals surface area contributed by atoms with Crippen LogP contribution in [0.3, 0.4) is 0 Å². The van der Waals surface area contributed by atoms with E-state index in [1.165, 1.54) is 0 Å². The lowest BCUT2D eigenvalue weighted by molar-refractivity contribution is 0.0932. The van der Waals surface area contributed by atoms with Crippen LogP contribution in [0.4, 0.5) is 0 Å². The molecule has 0 bridgehead atoms. The summed E-state index contributed by atoms with van der Waals surface area (Å²) in [5, 5.41) is 3.00. The van der Waals surface area contributed by atoms with E-state index in [2.05, 4.69) is 31.2 Å². The summed E-state index contributed by atoms with van der Waals surface area (Å²) in [5.74, 6) is -0.776. The van der Waals surface area contributed by atoms with E-state index in [-0.39, 0.29) is 17.1 Å². The number of imidazole rings is 1. The first-order valence-corrected chi connectivity index (χ1v) is 10.2. The van der Waals surface area contributed by atoms with Gasteiger partial charge in [-0.25, -0.2) is 4.98 Å². The topological polar surface area (TPSA) is 74.8 Å². The number of rotatable bonds is 5. The molecule has 1 aromatic heterocycles. The van der Waals surface area contributed by atoms with Gasteiger partial charge in [0.2, 0.25) is 5.78 Å². The minimum absolute atomic E-state index is 0.0845. The molecule has 1 heterocycles. The normalized spacial score (nSPS) is 11.5. The van der Waals surface area contributed by atoms with Gasteiger partial charge in [0.05, 0.1) is 27.3 Å². The predicted octanol–water partition coefficient (Wildman–Crippen LogP) is 5.63. The van der Waals surface area contributed by atoms with Crippen molar-refractivity contribution in [2.24, 2.45) is 0 Å². The first-order chi connectivity index (χ1) is 14.5. The highest BCUT2D eigenvalue weighted by Crippen LogP contribution is 2.19. The van der Waals surface area contributed by atoms with Crippen LogP contribution in [-0.2, 0) is 0 Å². The molecule has 2 N–H and O–H groups in total. The number of benzene rings is 3. The second-order valence-corrected chi connectivity index (χ2v) is 7.80. The summed E-state index contributed by atoms with van der Waals surface area (Å²) >= 11 is 9.53. The SMILES string of the molecule is O=C(/C(=C\c1ccc(Br)cc1)NC(=O)c1ccccc1Cl)c1nc2ccccc2[nH]1. The summed E-state index contributed by atoms with van der Waals surface area (Å²) in [4.78, 5) is 33.4. The largest absolute Gasteiger partial charge is 0.335 e. The second kappa shape index (κ2) is 8.65. The molecular formula is C23H15BrClN3O2. The number of para-hydroxylation sites is 2. The Balaban J connectivity index is 1.72. The van der Waals surface area contributed by atoms with Gasteiger partial charge in [0.25, 0.3) is 5.91 Å². The number of carbonyl (C=O) groups excluding carboxylic acids is 2. The summed E-state index contributed by atoms with van der Waals surface area (Å²) < 4.78 is 0.907. The summed E-state index contributed by atoms with van der Waals surface area (Å²) in [6.07, 6.45) is 1.61. The van der Waals surface area contributed by atoms with Crippen molar-refractivity contribution in [1.82, 2.24) is 15.3 Å². The summed E-state index contributed by atoms with van der Waals surface area (Å²) in [6, 6.07) is 21.4. The summed E-state index contributed by atoms with van der Waals surface area (Å²) in [6.45, 7) is 0. The van der Waals surface area contributed by atoms with Crippen molar-refractivity contribution in [3.8, 4) is 0 Å². The maximum Gasteiger partial charge on any atom is 0.257 e. The van der Waals surface area contributed by atoms with E-state index in [4.69, 9.17) is 11.6 Å². The van der Waals surface area contributed by atoms with E-state index in [1.807, 2.05) is 48.5 Å². The van der Waals surface area contributed by atoms with E-state index in [1.54, 1.807) is 30.3 Å². The first-order valence-electron chi connectivity index (χ1n) is 9.04. The zero-order chi connectivity index (χ0) is 21.1. The number of carbonyl (C=O) groups is 2. The zero-order valence-corrected chi connectivity index (χ0v) is 17.9. The number of fused-ring (bicyclic) bond motifs is 1. The Kier molecular flexibility index (Phi) is 5.79. The Hall–Kier alpha value is -3.22. The molecule has 3 aromatic carbocycles. The molecule has 4 aromatic rings. The smallest absolute Gasteiger partial charge is 0.257 e. The third kappa shape index (κ3) is 4.35. The van der Waals surface area contributed by atoms with Gasteiger partial charge >= 0.3 is 0 Å². The van der Waals surface area contributed by atoms with Gasteiger partial charge in [0.15, 0.2) is 5.82 Å². The van der Waals surface area contributed by atoms with E-state index >= 15 is 0 Å². The molecule has 0 unspecified atom stereocenters. The number of nitrogens with zero attached hydrogens (tertiary/aromatic N) is 1. The molecule has 30 heavy (non-hydrogen) atoms. The van der Waals surface area contributed by atoms with Crippen LogP contribution in [0.2, 0.25) is 5.02 Å². The molecule has 0 saturated heterocycles. The predicted molar refractivity (Wildman–Crippen MR) is 121 cm³/mol. The third-order valence-electron chi connectivity index (χ3n) is 4.40. The molecule has 0 atom stereocenters. The third-order valence-corrected chi connectivity index (χ3v) is 5.26. The molecule has 0 aliphatic carbocycles. The number of aromatic amines is 1. The van der Waals surface area contributed by atoms with Crippen LogP contribution in [0, 0.1) is 0 Å². The van der Waals surface area contributed by atoms with Crippen LogP contribution < -0.4 is 5.32 Å². The maximum absolute atomic E-state index is 13.2. The van der Waals surface area contributed by atoms with Crippen molar-refractivity contribution in [3.05, 3.63) is 105 Å². The molecule has 0 fully saturated rings. The Morgan fingerprint density at radius 1 is 0.967 bits per heavy atom. The molecule has 0 radical (unpaired) electrons. The number of H-pyrrole nitrogens is 1. The van der Waals surface area contributed by atoms with E-state index < -0.39 is 11.7 Å². The average Bonchev–Trinajstić information content (AvgIpc) is 3.19. The molecule has 7 heteroatoms. The van der Waals surface area contributed by atoms with Gasteiger partial charge in [-0.2, -0.15) is 0 Å². The molecule has 4 rings (SSSR count). The minimum Gasteiger partial charge on any atom is -0.335 e. The highest BCUT2D eigenvalue weighted by molar-refractivity contribution is 9.10. The summed E-state index contributed by atoms with van der Waals surface area (Å²) in [5.41, 5.74) is 2.51. The number of hydrogen-bond acceptors (Lipinski definition) is 3. The van der Waals surface area contributed by atoms with Crippen LogP contribution in [0.5, 0.6) is 0 Å². The van der Waals surface area contributed by atoms with Gasteiger partial charge in [-0.1, -0.05) is 63.9 Å². The average molecular weight is 481 g/mol. The fraction of sp³-hybridized carbons (Fsp3) is 0. The van der Waals surface area contributed by atoms with Gasteiger partial charge < -0.3 is 10.3 Å². The number of amides is 1. The maximum atomic E-state index is 13.2. The molecule has 148 valence electrons. The van der Waals surface area contributed by atoms with Crippen molar-refractivity contribution in [1.29, 1.82) is 0 Å². The van der Waals surface area contributed by atoms with Crippen molar-refractivity contribution < 1.29 is 9.59 Å². The number of ketones is 1. The standard InChI is InChI=1S/C23H15BrClN3O2/c24-15-11-9-14(10-12-15)13-20(28-23(30)16-5-1-2-6-17(16)25)21(29)22-26-18-7-3-4-8-19(18)27-22/h1-13H,(H,26,27)(H,28,30)/b20-13+. The number of allylic oxidation sites excluding steroid dienone is 1. The minimum atomic E-state index is -0.478. The lowest BCUT2D eigenvalue weighted by Gasteiger charge is -2.09. The van der Waals surface area contributed by atoms with Crippen LogP contribution in [0.1, 0.15) is 26.5 Å². The van der Waals surface area contributed by atoms with Crippen molar-refractivity contribution in [2.75, 3.05) is 0 Å². The van der Waals surface area contributed by atoms with Crippen LogP contribution in [-0.4, -0.2) is 21.7 Å². The molecule has 0 spiro atoms. The van der Waals surface area contributed by atoms with Crippen LogP contribution in [0.15, 0.2) is 83.0 Å². The quantitative estimate of drug-likeness (QED) is 0.287. The molecular weight excluding hydrogens is 466 g/mol. The fourth-order valence-corrected chi connectivity index (χ4v) is 3.39. The van der Waals surface area contributed by atoms with Gasteiger partial charge in [0.1, 0.15) is 0 Å². The number of Topliss-reactive ketones (excluding diaryl/α,β-unsaturated/α-hetero) is 1. The van der Waals surface area contributed by atoms with Gasteiger partial charge in [0, 0.05) is 4.47 Å². The number of aromatic nitrogens is 2. The monoisotopic (exact) mass is 479 g/mol. The van der Waals surface area contributed by atoms with Crippen LogP contribution in [0.25, 0.3) is 17.1 Å². The Morgan fingerprint density at radius 2 is 1.67 bits per heavy atom. The Labute approximate surface area is 185 Å². The zero-order valence-electron chi connectivity index (χ0n) is 15.5. The van der Waals surface area contributed by atoms with Crippen molar-refractivity contribution >= 4 is 56.3 Å². The molecule has 1 amide bonds. The highest BCUT2D eigenvalue weighted by Gasteiger charge is 2.20. The van der Waals surface area contributed by atoms with Crippen molar-refractivity contribution in [2.45, 2.75) is 0 Å². The van der Waals surface area contributed by atoms with Crippen LogP contribution >= 0.6 is 27.5 Å². The highest BCUT2D eigenvalue weighted by atomic mass is 79.9. The molecule has 0 saturated carbocycles. The molecule has 0 aliphatic heterocycles. The molecule has 5 nitrogen and oxygen atoms in total. The van der Waals surface area contributed by atoms with E-state index in [0.29, 0.717) is 10.5 Å². The number of nitrogens with one attached hydrogen (secondary N) is 2. The van der Waals surface area contributed by atoms with E-state index in [0.717, 1.165) is 15.6 Å². The lowest BCUT2D eigenvalue weighted by Crippen LogP contribution is -2.28. The number of hydrogen-bond donors (Lipinski definition) is 2. The van der Waals surface area contributed by atoms with Gasteiger partial charge in [-0.05, 0) is 48.0 Å². The van der Waals surface area contributed by atoms with Gasteiger partial charge in [-0.15, -0.1) is 0 Å². The Bertz CT molecular complexity index is 1250. The summed E-state index contributed by atoms with van der Waals surface area (Å²) in [7, 11) is 0. The lowest BCUT2D eigenvalue weighted by atomic mass is 10.1. The second-order valence-electron chi connectivity index (χ2n) is 6.48. The molecule has 0 aliphatic rings. The number of halogens is 2. The first kappa shape index (κ1) is 20.1. The van der Waals surface area contributed by atoms with Crippen molar-refractivity contribution in [3.63, 3.8) is 0 Å². The van der Waals surface area contributed by atoms with Gasteiger partial charge in [-0.3, -0.25) is 9.59 Å². The van der Waals surface area contributed by atoms with E-state index in [9.17, 15) is 9.59 Å². The Morgan fingerprint density at radius 3 is 2.40 bits per heavy atom. The fourth-order valence-electron chi connectivity index (χ4n) is 2.91.